The van der Waals surface area contributed by atoms with Gasteiger partial charge >= 0.3 is 5.97 Å². The molecule has 0 bridgehead atoms. The Hall–Kier alpha value is -3.38. The van der Waals surface area contributed by atoms with Crippen LogP contribution in [0.4, 0.5) is 0 Å². The zero-order valence-corrected chi connectivity index (χ0v) is 16.9. The third kappa shape index (κ3) is 6.05. The first-order chi connectivity index (χ1) is 14.0. The maximum Gasteiger partial charge on any atom is 0.352 e. The van der Waals surface area contributed by atoms with Gasteiger partial charge in [0.1, 0.15) is 18.1 Å². The lowest BCUT2D eigenvalue weighted by atomic mass is 10.1. The number of aliphatic carboxylic acids is 1. The summed E-state index contributed by atoms with van der Waals surface area (Å²) in [4.78, 5) is 23.7. The van der Waals surface area contributed by atoms with Crippen LogP contribution in [0.1, 0.15) is 21.5 Å². The summed E-state index contributed by atoms with van der Waals surface area (Å²) in [5, 5.41) is 11.8. The molecular weight excluding hydrogens is 434 g/mol. The summed E-state index contributed by atoms with van der Waals surface area (Å²) in [5.41, 5.74) is 1.85. The van der Waals surface area contributed by atoms with Crippen LogP contribution in [0.25, 0.3) is 6.08 Å². The normalized spacial score (nSPS) is 11.0. The van der Waals surface area contributed by atoms with E-state index in [0.29, 0.717) is 23.5 Å². The van der Waals surface area contributed by atoms with Gasteiger partial charge in [-0.25, -0.2) is 4.79 Å². The van der Waals surface area contributed by atoms with E-state index in [0.717, 1.165) is 10.0 Å². The van der Waals surface area contributed by atoms with Gasteiger partial charge in [0.05, 0.1) is 0 Å². The molecule has 0 aliphatic carbocycles. The highest BCUT2D eigenvalue weighted by Crippen LogP contribution is 2.17. The molecule has 0 aromatic heterocycles. The molecule has 5 nitrogen and oxygen atoms in total. The summed E-state index contributed by atoms with van der Waals surface area (Å²) in [7, 11) is 0. The van der Waals surface area contributed by atoms with Crippen molar-refractivity contribution in [3.05, 3.63) is 106 Å². The average molecular weight is 452 g/mol. The number of hydrogen-bond acceptors (Lipinski definition) is 3. The molecule has 0 radical (unpaired) electrons. The minimum atomic E-state index is -1.22. The SMILES string of the molecule is O=C(O)/C(=C\c1ccc(OCc2ccc(Br)cc2)cc1)NC(=O)c1ccccc1. The van der Waals surface area contributed by atoms with Crippen LogP contribution in [0.2, 0.25) is 0 Å². The smallest absolute Gasteiger partial charge is 0.352 e. The molecule has 3 aromatic rings. The van der Waals surface area contributed by atoms with E-state index in [-0.39, 0.29) is 5.70 Å². The number of carbonyl (C=O) groups excluding carboxylic acids is 1. The van der Waals surface area contributed by atoms with Crippen LogP contribution in [0.5, 0.6) is 5.75 Å². The van der Waals surface area contributed by atoms with Crippen LogP contribution in [-0.2, 0) is 11.4 Å². The monoisotopic (exact) mass is 451 g/mol. The Morgan fingerprint density at radius 1 is 0.931 bits per heavy atom. The minimum absolute atomic E-state index is 0.206. The summed E-state index contributed by atoms with van der Waals surface area (Å²) in [6, 6.07) is 23.2. The Kier molecular flexibility index (Phi) is 6.81. The molecule has 0 aliphatic rings. The van der Waals surface area contributed by atoms with Crippen LogP contribution < -0.4 is 10.1 Å². The Labute approximate surface area is 176 Å². The fourth-order valence-electron chi connectivity index (χ4n) is 2.51. The van der Waals surface area contributed by atoms with Gasteiger partial charge in [0.15, 0.2) is 0 Å². The van der Waals surface area contributed by atoms with Crippen LogP contribution in [0.15, 0.2) is 89.0 Å². The molecule has 0 spiro atoms. The van der Waals surface area contributed by atoms with Crippen molar-refractivity contribution in [3.8, 4) is 5.75 Å². The Balaban J connectivity index is 1.66. The second-order valence-electron chi connectivity index (χ2n) is 6.17. The second-order valence-corrected chi connectivity index (χ2v) is 7.08. The van der Waals surface area contributed by atoms with Crippen molar-refractivity contribution in [2.75, 3.05) is 0 Å². The van der Waals surface area contributed by atoms with E-state index in [1.807, 2.05) is 24.3 Å². The van der Waals surface area contributed by atoms with Gasteiger partial charge in [0, 0.05) is 10.0 Å². The number of carboxylic acids is 1. The lowest BCUT2D eigenvalue weighted by Gasteiger charge is -2.08. The number of amides is 1. The van der Waals surface area contributed by atoms with Gasteiger partial charge in [-0.05, 0) is 53.6 Å². The van der Waals surface area contributed by atoms with E-state index >= 15 is 0 Å². The van der Waals surface area contributed by atoms with E-state index in [1.54, 1.807) is 54.6 Å². The van der Waals surface area contributed by atoms with Crippen molar-refractivity contribution < 1.29 is 19.4 Å². The van der Waals surface area contributed by atoms with Gasteiger partial charge in [-0.1, -0.05) is 58.4 Å². The summed E-state index contributed by atoms with van der Waals surface area (Å²) in [6.07, 6.45) is 1.40. The highest BCUT2D eigenvalue weighted by Gasteiger charge is 2.13. The van der Waals surface area contributed by atoms with Gasteiger partial charge in [-0.15, -0.1) is 0 Å². The number of benzene rings is 3. The maximum atomic E-state index is 12.2. The van der Waals surface area contributed by atoms with Crippen LogP contribution in [-0.4, -0.2) is 17.0 Å². The molecule has 3 aromatic carbocycles. The topological polar surface area (TPSA) is 75.6 Å². The van der Waals surface area contributed by atoms with Crippen molar-refractivity contribution in [1.82, 2.24) is 5.32 Å². The summed E-state index contributed by atoms with van der Waals surface area (Å²) < 4.78 is 6.75. The number of ether oxygens (including phenoxy) is 1. The molecule has 0 saturated heterocycles. The molecule has 146 valence electrons. The molecule has 0 saturated carbocycles. The average Bonchev–Trinajstić information content (AvgIpc) is 2.74. The predicted molar refractivity (Wildman–Crippen MR) is 114 cm³/mol. The number of nitrogens with one attached hydrogen (secondary N) is 1. The van der Waals surface area contributed by atoms with Crippen LogP contribution in [0.3, 0.4) is 0 Å². The van der Waals surface area contributed by atoms with Crippen molar-refractivity contribution in [2.24, 2.45) is 0 Å². The van der Waals surface area contributed by atoms with E-state index < -0.39 is 11.9 Å². The molecule has 3 rings (SSSR count). The zero-order chi connectivity index (χ0) is 20.6. The molecule has 29 heavy (non-hydrogen) atoms. The minimum Gasteiger partial charge on any atom is -0.489 e. The van der Waals surface area contributed by atoms with Crippen molar-refractivity contribution >= 4 is 33.9 Å². The highest BCUT2D eigenvalue weighted by atomic mass is 79.9. The van der Waals surface area contributed by atoms with Crippen molar-refractivity contribution in [3.63, 3.8) is 0 Å². The molecule has 2 N–H and O–H groups in total. The lowest BCUT2D eigenvalue weighted by Crippen LogP contribution is -2.27. The zero-order valence-electron chi connectivity index (χ0n) is 15.3. The third-order valence-electron chi connectivity index (χ3n) is 4.02. The number of carboxylic acid groups (broad SMARTS) is 1. The van der Waals surface area contributed by atoms with Crippen LogP contribution >= 0.6 is 15.9 Å². The Bertz CT molecular complexity index is 1010. The molecule has 0 aliphatic heterocycles. The number of rotatable bonds is 7. The summed E-state index contributed by atoms with van der Waals surface area (Å²) in [6.45, 7) is 0.427. The van der Waals surface area contributed by atoms with Gasteiger partial charge in [-0.2, -0.15) is 0 Å². The fourth-order valence-corrected chi connectivity index (χ4v) is 2.77. The lowest BCUT2D eigenvalue weighted by molar-refractivity contribution is -0.132. The Morgan fingerprint density at radius 2 is 1.59 bits per heavy atom. The maximum absolute atomic E-state index is 12.2. The number of carbonyl (C=O) groups is 2. The quantitative estimate of drug-likeness (QED) is 0.501. The standard InChI is InChI=1S/C23H18BrNO4/c24-19-10-6-17(7-11-19)15-29-20-12-8-16(9-13-20)14-21(23(27)28)25-22(26)18-4-2-1-3-5-18/h1-14H,15H2,(H,25,26)(H,27,28)/b21-14+. The van der Waals surface area contributed by atoms with Gasteiger partial charge in [-0.3, -0.25) is 4.79 Å². The predicted octanol–water partition coefficient (Wildman–Crippen LogP) is 4.88. The number of halogens is 1. The second kappa shape index (κ2) is 9.71. The molecule has 0 unspecified atom stereocenters. The highest BCUT2D eigenvalue weighted by molar-refractivity contribution is 9.10. The summed E-state index contributed by atoms with van der Waals surface area (Å²) >= 11 is 3.39. The van der Waals surface area contributed by atoms with Gasteiger partial charge in [0.2, 0.25) is 0 Å². The molecule has 0 fully saturated rings. The fraction of sp³-hybridized carbons (Fsp3) is 0.0435. The van der Waals surface area contributed by atoms with Gasteiger partial charge in [0.25, 0.3) is 5.91 Å². The molecule has 6 heteroatoms. The molecule has 0 heterocycles. The first-order valence-electron chi connectivity index (χ1n) is 8.80. The van der Waals surface area contributed by atoms with Crippen molar-refractivity contribution in [1.29, 1.82) is 0 Å². The molecule has 0 atom stereocenters. The Morgan fingerprint density at radius 3 is 2.21 bits per heavy atom. The van der Waals surface area contributed by atoms with E-state index in [2.05, 4.69) is 21.2 Å². The van der Waals surface area contributed by atoms with Crippen molar-refractivity contribution in [2.45, 2.75) is 6.61 Å². The van der Waals surface area contributed by atoms with Crippen LogP contribution in [0, 0.1) is 0 Å². The first kappa shape index (κ1) is 20.4. The molecule has 1 amide bonds. The molecular formula is C23H18BrNO4. The van der Waals surface area contributed by atoms with E-state index in [4.69, 9.17) is 4.74 Å². The van der Waals surface area contributed by atoms with E-state index in [9.17, 15) is 14.7 Å². The largest absolute Gasteiger partial charge is 0.489 e. The first-order valence-corrected chi connectivity index (χ1v) is 9.59. The third-order valence-corrected chi connectivity index (χ3v) is 4.55. The number of hydrogen-bond donors (Lipinski definition) is 2. The van der Waals surface area contributed by atoms with Gasteiger partial charge < -0.3 is 15.2 Å². The summed E-state index contributed by atoms with van der Waals surface area (Å²) in [5.74, 6) is -1.03. The van der Waals surface area contributed by atoms with E-state index in [1.165, 1.54) is 6.08 Å².